The van der Waals surface area contributed by atoms with Gasteiger partial charge in [-0.2, -0.15) is 0 Å². The summed E-state index contributed by atoms with van der Waals surface area (Å²) in [5, 5.41) is 11.2. The van der Waals surface area contributed by atoms with E-state index in [1.165, 1.54) is 12.1 Å². The van der Waals surface area contributed by atoms with Crippen LogP contribution in [0, 0.1) is 0 Å². The monoisotopic (exact) mass is 343 g/mol. The summed E-state index contributed by atoms with van der Waals surface area (Å²) in [6, 6.07) is 9.43. The summed E-state index contributed by atoms with van der Waals surface area (Å²) in [5.74, 6) is 0. The van der Waals surface area contributed by atoms with Crippen molar-refractivity contribution in [2.24, 2.45) is 0 Å². The number of aliphatic hydroxyl groups is 1. The third-order valence-corrected chi connectivity index (χ3v) is 6.54. The lowest BCUT2D eigenvalue weighted by molar-refractivity contribution is 0.160. The number of aliphatic hydroxyl groups excluding tert-OH is 1. The first-order chi connectivity index (χ1) is 11.6. The molecule has 0 bridgehead atoms. The molecule has 1 aliphatic carbocycles. The van der Waals surface area contributed by atoms with E-state index >= 15 is 0 Å². The average Bonchev–Trinajstić information content (AvgIpc) is 3.23. The van der Waals surface area contributed by atoms with Crippen molar-refractivity contribution in [3.63, 3.8) is 0 Å². The zero-order chi connectivity index (χ0) is 16.7. The predicted molar refractivity (Wildman–Crippen MR) is 99.8 cm³/mol. The average molecular weight is 343 g/mol. The molecule has 1 aromatic carbocycles. The van der Waals surface area contributed by atoms with Crippen LogP contribution < -0.4 is 4.90 Å². The Kier molecular flexibility index (Phi) is 4.33. The van der Waals surface area contributed by atoms with E-state index in [1.54, 1.807) is 11.3 Å². The van der Waals surface area contributed by atoms with Crippen molar-refractivity contribution >= 4 is 17.0 Å². The van der Waals surface area contributed by atoms with Crippen LogP contribution in [0.1, 0.15) is 35.9 Å². The normalized spacial score (nSPS) is 23.8. The van der Waals surface area contributed by atoms with Gasteiger partial charge in [0.1, 0.15) is 5.01 Å². The van der Waals surface area contributed by atoms with Gasteiger partial charge in [0, 0.05) is 30.4 Å². The van der Waals surface area contributed by atoms with Gasteiger partial charge in [-0.05, 0) is 64.0 Å². The van der Waals surface area contributed by atoms with Crippen LogP contribution in [0.15, 0.2) is 24.3 Å². The molecule has 1 unspecified atom stereocenters. The van der Waals surface area contributed by atoms with E-state index in [0.29, 0.717) is 6.04 Å². The molecule has 2 atom stereocenters. The zero-order valence-corrected chi connectivity index (χ0v) is 15.2. The summed E-state index contributed by atoms with van der Waals surface area (Å²) >= 11 is 1.66. The number of fused-ring (bicyclic) bond motifs is 1. The predicted octanol–water partition coefficient (Wildman–Crippen LogP) is 3.32. The third-order valence-electron chi connectivity index (χ3n) is 5.29. The maximum absolute atomic E-state index is 10.1. The SMILES string of the molecule is CN(C)[C@@H]1CCN(c2ccc(-c3nc4c(s3)C(O)CCC4)cc2)C1. The summed E-state index contributed by atoms with van der Waals surface area (Å²) in [6.07, 6.45) is 3.83. The smallest absolute Gasteiger partial charge is 0.123 e. The molecule has 1 aliphatic heterocycles. The number of aromatic nitrogens is 1. The van der Waals surface area contributed by atoms with E-state index in [9.17, 15) is 5.11 Å². The van der Waals surface area contributed by atoms with Gasteiger partial charge in [-0.1, -0.05) is 0 Å². The number of likely N-dealkylation sites (N-methyl/N-ethyl adjacent to an activating group) is 1. The topological polar surface area (TPSA) is 39.6 Å². The molecule has 2 aromatic rings. The number of hydrogen-bond donors (Lipinski definition) is 1. The highest BCUT2D eigenvalue weighted by Crippen LogP contribution is 2.38. The largest absolute Gasteiger partial charge is 0.388 e. The van der Waals surface area contributed by atoms with Crippen molar-refractivity contribution in [1.82, 2.24) is 9.88 Å². The highest BCUT2D eigenvalue weighted by atomic mass is 32.1. The van der Waals surface area contributed by atoms with E-state index in [4.69, 9.17) is 4.98 Å². The molecule has 1 N–H and O–H groups in total. The molecule has 2 aliphatic rings. The molecule has 1 saturated heterocycles. The van der Waals surface area contributed by atoms with Crippen LogP contribution in [0.4, 0.5) is 5.69 Å². The number of benzene rings is 1. The molecule has 4 nitrogen and oxygen atoms in total. The Balaban J connectivity index is 1.52. The number of rotatable bonds is 3. The summed E-state index contributed by atoms with van der Waals surface area (Å²) in [4.78, 5) is 10.6. The first-order valence-electron chi connectivity index (χ1n) is 8.81. The van der Waals surface area contributed by atoms with Gasteiger partial charge in [0.05, 0.1) is 16.7 Å². The quantitative estimate of drug-likeness (QED) is 0.928. The van der Waals surface area contributed by atoms with Gasteiger partial charge < -0.3 is 14.9 Å². The van der Waals surface area contributed by atoms with Crippen molar-refractivity contribution in [3.05, 3.63) is 34.8 Å². The first kappa shape index (κ1) is 16.1. The van der Waals surface area contributed by atoms with E-state index in [1.807, 2.05) is 0 Å². The highest BCUT2D eigenvalue weighted by molar-refractivity contribution is 7.15. The van der Waals surface area contributed by atoms with Gasteiger partial charge in [-0.15, -0.1) is 11.3 Å². The maximum atomic E-state index is 10.1. The number of anilines is 1. The molecule has 128 valence electrons. The number of nitrogens with zero attached hydrogens (tertiary/aromatic N) is 3. The molecular weight excluding hydrogens is 318 g/mol. The van der Waals surface area contributed by atoms with Crippen molar-refractivity contribution in [3.8, 4) is 10.6 Å². The first-order valence-corrected chi connectivity index (χ1v) is 9.63. The second-order valence-corrected chi connectivity index (χ2v) is 8.17. The van der Waals surface area contributed by atoms with Crippen LogP contribution in [0.5, 0.6) is 0 Å². The van der Waals surface area contributed by atoms with Gasteiger partial charge >= 0.3 is 0 Å². The van der Waals surface area contributed by atoms with Gasteiger partial charge in [-0.25, -0.2) is 4.98 Å². The Morgan fingerprint density at radius 2 is 2.00 bits per heavy atom. The van der Waals surface area contributed by atoms with Crippen LogP contribution >= 0.6 is 11.3 Å². The number of aryl methyl sites for hydroxylation is 1. The Bertz CT molecular complexity index is 710. The third kappa shape index (κ3) is 2.96. The Morgan fingerprint density at radius 1 is 1.21 bits per heavy atom. The van der Waals surface area contributed by atoms with Crippen molar-refractivity contribution in [2.45, 2.75) is 37.8 Å². The summed E-state index contributed by atoms with van der Waals surface area (Å²) in [7, 11) is 4.33. The second kappa shape index (κ2) is 6.47. The van der Waals surface area contributed by atoms with Crippen molar-refractivity contribution < 1.29 is 5.11 Å². The van der Waals surface area contributed by atoms with Crippen LogP contribution in [-0.4, -0.2) is 48.2 Å². The Labute approximate surface area is 147 Å². The highest BCUT2D eigenvalue weighted by Gasteiger charge is 2.25. The Morgan fingerprint density at radius 3 is 2.67 bits per heavy atom. The summed E-state index contributed by atoms with van der Waals surface area (Å²) < 4.78 is 0. The number of thiazole rings is 1. The van der Waals surface area contributed by atoms with Crippen LogP contribution in [0.25, 0.3) is 10.6 Å². The molecule has 1 aromatic heterocycles. The molecule has 5 heteroatoms. The lowest BCUT2D eigenvalue weighted by atomic mass is 10.0. The fourth-order valence-electron chi connectivity index (χ4n) is 3.73. The standard InChI is InChI=1S/C19H25N3OS/c1-21(2)15-10-11-22(12-15)14-8-6-13(7-9-14)19-20-16-4-3-5-17(23)18(16)24-19/h6-9,15,17,23H,3-5,10-12H2,1-2H3/t15-,17?/m1/s1. The second-order valence-electron chi connectivity index (χ2n) is 7.14. The minimum absolute atomic E-state index is 0.313. The molecular formula is C19H25N3OS. The minimum Gasteiger partial charge on any atom is -0.388 e. The maximum Gasteiger partial charge on any atom is 0.123 e. The van der Waals surface area contributed by atoms with Crippen LogP contribution in [0.2, 0.25) is 0 Å². The molecule has 0 saturated carbocycles. The van der Waals surface area contributed by atoms with Gasteiger partial charge in [-0.3, -0.25) is 0 Å². The molecule has 1 fully saturated rings. The molecule has 4 rings (SSSR count). The van der Waals surface area contributed by atoms with Crippen molar-refractivity contribution in [2.75, 3.05) is 32.1 Å². The molecule has 0 radical (unpaired) electrons. The fourth-order valence-corrected chi connectivity index (χ4v) is 4.87. The lowest BCUT2D eigenvalue weighted by Gasteiger charge is -2.21. The Hall–Kier alpha value is -1.43. The minimum atomic E-state index is -0.313. The van der Waals surface area contributed by atoms with E-state index < -0.39 is 0 Å². The van der Waals surface area contributed by atoms with E-state index in [-0.39, 0.29) is 6.10 Å². The van der Waals surface area contributed by atoms with Gasteiger partial charge in [0.25, 0.3) is 0 Å². The fraction of sp³-hybridized carbons (Fsp3) is 0.526. The van der Waals surface area contributed by atoms with Gasteiger partial charge in [0.2, 0.25) is 0 Å². The number of hydrogen-bond acceptors (Lipinski definition) is 5. The molecule has 0 spiro atoms. The molecule has 0 amide bonds. The molecule has 24 heavy (non-hydrogen) atoms. The lowest BCUT2D eigenvalue weighted by Crippen LogP contribution is -2.31. The summed E-state index contributed by atoms with van der Waals surface area (Å²) in [6.45, 7) is 2.23. The van der Waals surface area contributed by atoms with Crippen LogP contribution in [0.3, 0.4) is 0 Å². The zero-order valence-electron chi connectivity index (χ0n) is 14.4. The van der Waals surface area contributed by atoms with E-state index in [0.717, 1.165) is 53.5 Å². The van der Waals surface area contributed by atoms with E-state index in [2.05, 4.69) is 48.2 Å². The van der Waals surface area contributed by atoms with Crippen LogP contribution in [-0.2, 0) is 6.42 Å². The summed E-state index contributed by atoms with van der Waals surface area (Å²) in [5.41, 5.74) is 3.56. The van der Waals surface area contributed by atoms with Gasteiger partial charge in [0.15, 0.2) is 0 Å². The van der Waals surface area contributed by atoms with Crippen molar-refractivity contribution in [1.29, 1.82) is 0 Å². The molecule has 2 heterocycles.